The summed E-state index contributed by atoms with van der Waals surface area (Å²) in [7, 11) is -3.66. The highest BCUT2D eigenvalue weighted by Crippen LogP contribution is 2.19. The van der Waals surface area contributed by atoms with E-state index in [4.69, 9.17) is 16.7 Å². The molecule has 21 heavy (non-hydrogen) atoms. The van der Waals surface area contributed by atoms with Crippen molar-refractivity contribution in [2.75, 3.05) is 17.6 Å². The molecule has 1 aromatic carbocycles. The number of thioether (sulfide) groups is 1. The van der Waals surface area contributed by atoms with Crippen LogP contribution in [0.3, 0.4) is 0 Å². The van der Waals surface area contributed by atoms with Gasteiger partial charge in [0.1, 0.15) is 11.1 Å². The number of hydrogen-bond donors (Lipinski definition) is 2. The Hall–Kier alpha value is -1.28. The molecule has 0 fully saturated rings. The summed E-state index contributed by atoms with van der Waals surface area (Å²) in [6.07, 6.45) is 1.37. The minimum Gasteiger partial charge on any atom is -0.274 e. The molecule has 8 heteroatoms. The van der Waals surface area contributed by atoms with Crippen LogP contribution in [0.4, 0.5) is 5.82 Å². The topological polar surface area (TPSA) is 86.3 Å². The van der Waals surface area contributed by atoms with Crippen LogP contribution < -0.4 is 15.4 Å². The first-order valence-corrected chi connectivity index (χ1v) is 9.03. The van der Waals surface area contributed by atoms with E-state index in [-0.39, 0.29) is 4.90 Å². The highest BCUT2D eigenvalue weighted by molar-refractivity contribution is 7.99. The number of nitrogens with two attached hydrogens (primary N) is 1. The van der Waals surface area contributed by atoms with Gasteiger partial charge in [-0.05, 0) is 30.3 Å². The van der Waals surface area contributed by atoms with E-state index >= 15 is 0 Å². The Kier molecular flexibility index (Phi) is 5.46. The second-order valence-corrected chi connectivity index (χ2v) is 7.38. The van der Waals surface area contributed by atoms with Crippen molar-refractivity contribution in [1.82, 2.24) is 0 Å². The minimum absolute atomic E-state index is 0.0589. The summed E-state index contributed by atoms with van der Waals surface area (Å²) < 4.78 is 22.2. The molecule has 5 nitrogen and oxygen atoms in total. The van der Waals surface area contributed by atoms with E-state index in [0.717, 1.165) is 28.0 Å². The molecule has 1 heterocycles. The average Bonchev–Trinajstić information content (AvgIpc) is 2.45. The van der Waals surface area contributed by atoms with Gasteiger partial charge in [-0.25, -0.2) is 18.5 Å². The second kappa shape index (κ2) is 7.13. The molecule has 0 bridgehead atoms. The fourth-order valence-electron chi connectivity index (χ4n) is 1.58. The Morgan fingerprint density at radius 2 is 1.90 bits per heavy atom. The maximum atomic E-state index is 11.1. The van der Waals surface area contributed by atoms with Crippen molar-refractivity contribution >= 4 is 39.2 Å². The standard InChI is InChI=1S/C13H14ClN3O2S2/c14-10-1-3-11(4-2-10)20-8-7-16-13-6-5-12(9-17-13)21(15,18)19/h1-6,9H,7-8H2,(H,16,17)(H2,15,18,19)/p+1. The van der Waals surface area contributed by atoms with Crippen molar-refractivity contribution in [3.05, 3.63) is 47.6 Å². The van der Waals surface area contributed by atoms with Gasteiger partial charge in [0, 0.05) is 21.7 Å². The number of aromatic nitrogens is 1. The molecule has 0 aliphatic rings. The Morgan fingerprint density at radius 1 is 1.19 bits per heavy atom. The molecule has 0 atom stereocenters. The molecular formula is C13H15ClN3O2S2+. The Balaban J connectivity index is 1.80. The van der Waals surface area contributed by atoms with Gasteiger partial charge in [0.25, 0.3) is 5.82 Å². The minimum atomic E-state index is -3.66. The lowest BCUT2D eigenvalue weighted by molar-refractivity contribution is -0.364. The number of nitrogens with one attached hydrogen (secondary N) is 2. The quantitative estimate of drug-likeness (QED) is 0.620. The summed E-state index contributed by atoms with van der Waals surface area (Å²) in [6, 6.07) is 10.8. The Morgan fingerprint density at radius 3 is 2.48 bits per heavy atom. The van der Waals surface area contributed by atoms with Crippen LogP contribution in [0, 0.1) is 0 Å². The summed E-state index contributed by atoms with van der Waals surface area (Å²) in [5.41, 5.74) is 0. The van der Waals surface area contributed by atoms with E-state index in [1.54, 1.807) is 17.8 Å². The molecular weight excluding hydrogens is 330 g/mol. The fraction of sp³-hybridized carbons (Fsp3) is 0.154. The van der Waals surface area contributed by atoms with Gasteiger partial charge in [0.2, 0.25) is 10.0 Å². The first-order valence-electron chi connectivity index (χ1n) is 6.12. The van der Waals surface area contributed by atoms with Crippen molar-refractivity contribution < 1.29 is 13.4 Å². The zero-order chi connectivity index (χ0) is 15.3. The first kappa shape index (κ1) is 16.1. The molecule has 0 spiro atoms. The normalized spacial score (nSPS) is 11.3. The van der Waals surface area contributed by atoms with Crippen molar-refractivity contribution in [3.63, 3.8) is 0 Å². The number of primary sulfonamides is 1. The summed E-state index contributed by atoms with van der Waals surface area (Å²) in [6.45, 7) is 0.735. The SMILES string of the molecule is NS(=O)(=O)c1ccc(NCCSc2ccc(Cl)cc2)[nH+]c1. The molecule has 0 aliphatic carbocycles. The lowest BCUT2D eigenvalue weighted by atomic mass is 10.4. The average molecular weight is 345 g/mol. The fourth-order valence-corrected chi connectivity index (χ4v) is 2.96. The number of rotatable bonds is 6. The number of hydrogen-bond acceptors (Lipinski definition) is 4. The van der Waals surface area contributed by atoms with Gasteiger partial charge in [-0.1, -0.05) is 11.6 Å². The first-order chi connectivity index (χ1) is 9.95. The summed E-state index contributed by atoms with van der Waals surface area (Å²) in [4.78, 5) is 4.06. The maximum Gasteiger partial charge on any atom is 0.272 e. The lowest BCUT2D eigenvalue weighted by Crippen LogP contribution is -2.19. The molecule has 0 saturated heterocycles. The van der Waals surface area contributed by atoms with Crippen LogP contribution in [-0.2, 0) is 10.0 Å². The second-order valence-electron chi connectivity index (χ2n) is 4.21. The predicted molar refractivity (Wildman–Crippen MR) is 85.0 cm³/mol. The molecule has 1 aromatic heterocycles. The van der Waals surface area contributed by atoms with E-state index in [2.05, 4.69) is 10.3 Å². The van der Waals surface area contributed by atoms with Gasteiger partial charge in [-0.2, -0.15) is 0 Å². The van der Waals surface area contributed by atoms with Gasteiger partial charge in [0.15, 0.2) is 0 Å². The molecule has 2 aromatic rings. The van der Waals surface area contributed by atoms with Crippen LogP contribution in [0.5, 0.6) is 0 Å². The molecule has 0 unspecified atom stereocenters. The Labute approximate surface area is 133 Å². The number of pyridine rings is 1. The van der Waals surface area contributed by atoms with Crippen molar-refractivity contribution in [2.24, 2.45) is 5.14 Å². The number of sulfonamides is 1. The van der Waals surface area contributed by atoms with E-state index in [1.165, 1.54) is 12.3 Å². The molecule has 112 valence electrons. The molecule has 2 rings (SSSR count). The van der Waals surface area contributed by atoms with Gasteiger partial charge in [-0.15, -0.1) is 11.8 Å². The number of halogens is 1. The van der Waals surface area contributed by atoms with Gasteiger partial charge in [0.05, 0.1) is 6.54 Å². The lowest BCUT2D eigenvalue weighted by Gasteiger charge is -2.01. The molecule has 0 aliphatic heterocycles. The van der Waals surface area contributed by atoms with Gasteiger partial charge >= 0.3 is 0 Å². The highest BCUT2D eigenvalue weighted by atomic mass is 35.5. The van der Waals surface area contributed by atoms with Crippen molar-refractivity contribution in [1.29, 1.82) is 0 Å². The third kappa shape index (κ3) is 5.20. The van der Waals surface area contributed by atoms with Crippen molar-refractivity contribution in [2.45, 2.75) is 9.79 Å². The van der Waals surface area contributed by atoms with E-state index in [9.17, 15) is 8.42 Å². The van der Waals surface area contributed by atoms with Crippen LogP contribution in [0.1, 0.15) is 0 Å². The molecule has 0 amide bonds. The van der Waals surface area contributed by atoms with E-state index < -0.39 is 10.0 Å². The smallest absolute Gasteiger partial charge is 0.272 e. The van der Waals surface area contributed by atoms with E-state index in [0.29, 0.717) is 0 Å². The van der Waals surface area contributed by atoms with Gasteiger partial charge in [-0.3, -0.25) is 5.32 Å². The van der Waals surface area contributed by atoms with Crippen LogP contribution >= 0.6 is 23.4 Å². The monoisotopic (exact) mass is 344 g/mol. The number of aromatic amines is 1. The maximum absolute atomic E-state index is 11.1. The molecule has 4 N–H and O–H groups in total. The summed E-state index contributed by atoms with van der Waals surface area (Å²) in [5.74, 6) is 1.60. The number of benzene rings is 1. The van der Waals surface area contributed by atoms with Crippen LogP contribution in [-0.4, -0.2) is 20.7 Å². The van der Waals surface area contributed by atoms with Crippen LogP contribution in [0.25, 0.3) is 0 Å². The van der Waals surface area contributed by atoms with Crippen LogP contribution in [0.2, 0.25) is 5.02 Å². The van der Waals surface area contributed by atoms with Crippen LogP contribution in [0.15, 0.2) is 52.4 Å². The summed E-state index contributed by atoms with van der Waals surface area (Å²) in [5, 5.41) is 8.91. The zero-order valence-corrected chi connectivity index (χ0v) is 13.4. The Bertz CT molecular complexity index is 688. The van der Waals surface area contributed by atoms with Crippen molar-refractivity contribution in [3.8, 4) is 0 Å². The number of anilines is 1. The third-order valence-electron chi connectivity index (χ3n) is 2.61. The van der Waals surface area contributed by atoms with Gasteiger partial charge < -0.3 is 0 Å². The molecule has 0 saturated carbocycles. The predicted octanol–water partition coefficient (Wildman–Crippen LogP) is 2.01. The summed E-state index contributed by atoms with van der Waals surface area (Å²) >= 11 is 7.53. The zero-order valence-electron chi connectivity index (χ0n) is 11.0. The largest absolute Gasteiger partial charge is 0.274 e. The number of H-pyrrole nitrogens is 1. The molecule has 0 radical (unpaired) electrons. The third-order valence-corrected chi connectivity index (χ3v) is 4.79. The highest BCUT2D eigenvalue weighted by Gasteiger charge is 2.10. The van der Waals surface area contributed by atoms with E-state index in [1.807, 2.05) is 24.3 Å².